The highest BCUT2D eigenvalue weighted by atomic mass is 79.9. The number of carbonyl (C=O) groups is 8. The lowest BCUT2D eigenvalue weighted by atomic mass is 9.89. The third-order valence-electron chi connectivity index (χ3n) is 12.9. The fraction of sp³-hybridized carbons (Fsp3) is 0.420. The van der Waals surface area contributed by atoms with Crippen LogP contribution in [0, 0.1) is 0 Å². The lowest BCUT2D eigenvalue weighted by Gasteiger charge is -2.30. The molecule has 0 spiro atoms. The van der Waals surface area contributed by atoms with Crippen LogP contribution in [0.3, 0.4) is 0 Å². The summed E-state index contributed by atoms with van der Waals surface area (Å²) >= 11 is 3.61. The highest BCUT2D eigenvalue weighted by molar-refractivity contribution is 9.10. The van der Waals surface area contributed by atoms with Crippen LogP contribution in [0.5, 0.6) is 0 Å². The van der Waals surface area contributed by atoms with E-state index in [1.165, 1.54) is 0 Å². The van der Waals surface area contributed by atoms with Crippen molar-refractivity contribution in [2.24, 2.45) is 7.05 Å². The number of aryl methyl sites for hydroxylation is 1. The van der Waals surface area contributed by atoms with Crippen LogP contribution in [0.25, 0.3) is 43.8 Å². The molecule has 0 radical (unpaired) electrons. The van der Waals surface area contributed by atoms with E-state index >= 15 is 0 Å². The van der Waals surface area contributed by atoms with Crippen molar-refractivity contribution in [3.63, 3.8) is 0 Å². The van der Waals surface area contributed by atoms with Crippen LogP contribution in [0.4, 0.5) is 0 Å². The Bertz CT molecular complexity index is 3060. The second kappa shape index (κ2) is 24.2. The molecule has 386 valence electrons. The molecule has 6 aromatic rings. The van der Waals surface area contributed by atoms with Gasteiger partial charge in [0, 0.05) is 79.5 Å². The quantitative estimate of drug-likeness (QED) is 0.0874. The lowest BCUT2D eigenvalue weighted by Crippen LogP contribution is -2.40. The molecule has 22 nitrogen and oxygen atoms in total. The molecule has 2 aliphatic rings. The normalized spacial score (nSPS) is 14.1. The topological polar surface area (TPSA) is 274 Å². The van der Waals surface area contributed by atoms with Gasteiger partial charge in [-0.1, -0.05) is 40.2 Å². The van der Waals surface area contributed by atoms with Gasteiger partial charge in [0.2, 0.25) is 35.4 Å². The number of carboxylic acids is 1. The minimum Gasteiger partial charge on any atom is -0.480 e. The first kappa shape index (κ1) is 53.1. The molecule has 8 rings (SSSR count). The van der Waals surface area contributed by atoms with Gasteiger partial charge >= 0.3 is 11.9 Å². The average molecular weight is 1070 g/mol. The molecule has 2 saturated heterocycles. The largest absolute Gasteiger partial charge is 0.480 e. The van der Waals surface area contributed by atoms with E-state index < -0.39 is 36.2 Å². The molecule has 2 aliphatic heterocycles. The molecule has 0 unspecified atom stereocenters. The number of rotatable bonds is 16. The summed E-state index contributed by atoms with van der Waals surface area (Å²) in [5, 5.41) is 35.4. The maximum atomic E-state index is 12.8. The predicted octanol–water partition coefficient (Wildman–Crippen LogP) is 2.95. The van der Waals surface area contributed by atoms with Crippen LogP contribution >= 0.6 is 15.9 Å². The Morgan fingerprint density at radius 3 is 1.70 bits per heavy atom. The number of benzene rings is 3. The molecular formula is C50H59BrN12O10. The Hall–Kier alpha value is -7.69. The number of aliphatic carboxylic acids is 1. The Morgan fingerprint density at radius 2 is 1.16 bits per heavy atom. The summed E-state index contributed by atoms with van der Waals surface area (Å²) in [5.41, 5.74) is 6.41. The van der Waals surface area contributed by atoms with Crippen LogP contribution in [-0.2, 0) is 63.2 Å². The van der Waals surface area contributed by atoms with E-state index in [0.717, 1.165) is 85.4 Å². The van der Waals surface area contributed by atoms with Gasteiger partial charge in [0.25, 0.3) is 0 Å². The van der Waals surface area contributed by atoms with Crippen LogP contribution in [0.1, 0.15) is 69.7 Å². The fourth-order valence-electron chi connectivity index (χ4n) is 9.22. The molecule has 0 saturated carbocycles. The molecule has 0 atom stereocenters. The Kier molecular flexibility index (Phi) is 17.6. The first-order valence-corrected chi connectivity index (χ1v) is 24.8. The molecule has 73 heavy (non-hydrogen) atoms. The predicted molar refractivity (Wildman–Crippen MR) is 272 cm³/mol. The van der Waals surface area contributed by atoms with Gasteiger partial charge in [0.05, 0.1) is 53.8 Å². The number of halogens is 1. The minimum atomic E-state index is -1.16. The van der Waals surface area contributed by atoms with Crippen LogP contribution in [-0.4, -0.2) is 151 Å². The minimum absolute atomic E-state index is 0.0512. The van der Waals surface area contributed by atoms with Crippen LogP contribution in [0.2, 0.25) is 0 Å². The molecule has 5 N–H and O–H groups in total. The molecule has 3 aromatic heterocycles. The SMILES string of the molecule is CC(=O)N1CCC(c2nn(CC(=O)NCC(=O)NCC(=O)O)c3cccc(-c4ccc5c(cnn5C)c4)c23)CC1.CCOC(=O)CNC(=O)CNC(=O)Cn1nc(C2CCN(C(C)=O)CC2)c2c(Br)cccc21. The number of ether oxygens (including phenoxy) is 1. The van der Waals surface area contributed by atoms with Crippen molar-refractivity contribution in [2.45, 2.75) is 71.4 Å². The summed E-state index contributed by atoms with van der Waals surface area (Å²) < 4.78 is 10.8. The van der Waals surface area contributed by atoms with Crippen molar-refractivity contribution in [2.75, 3.05) is 59.0 Å². The van der Waals surface area contributed by atoms with Gasteiger partial charge in [-0.25, -0.2) is 0 Å². The van der Waals surface area contributed by atoms with Crippen molar-refractivity contribution in [1.82, 2.24) is 60.4 Å². The number of carboxylic acid groups (broad SMARTS) is 1. The number of carbonyl (C=O) groups excluding carboxylic acids is 7. The number of nitrogens with one attached hydrogen (secondary N) is 4. The summed E-state index contributed by atoms with van der Waals surface area (Å²) in [6.45, 7) is 6.21. The van der Waals surface area contributed by atoms with E-state index in [9.17, 15) is 38.4 Å². The zero-order chi connectivity index (χ0) is 52.3. The number of hydrogen-bond donors (Lipinski definition) is 5. The van der Waals surface area contributed by atoms with Gasteiger partial charge in [0.1, 0.15) is 26.2 Å². The van der Waals surface area contributed by atoms with Crippen molar-refractivity contribution in [3.05, 3.63) is 76.7 Å². The third-order valence-corrected chi connectivity index (χ3v) is 13.6. The fourth-order valence-corrected chi connectivity index (χ4v) is 9.78. The van der Waals surface area contributed by atoms with Crippen LogP contribution in [0.15, 0.2) is 65.3 Å². The van der Waals surface area contributed by atoms with E-state index in [-0.39, 0.29) is 68.9 Å². The number of piperidine rings is 2. The number of esters is 1. The molecule has 23 heteroatoms. The van der Waals surface area contributed by atoms with Gasteiger partial charge in [-0.15, -0.1) is 0 Å². The Labute approximate surface area is 428 Å². The number of aromatic nitrogens is 6. The first-order valence-electron chi connectivity index (χ1n) is 24.0. The molecule has 3 aromatic carbocycles. The van der Waals surface area contributed by atoms with Gasteiger partial charge in [0.15, 0.2) is 0 Å². The Morgan fingerprint density at radius 1 is 0.658 bits per heavy atom. The highest BCUT2D eigenvalue weighted by Crippen LogP contribution is 2.39. The first-order chi connectivity index (χ1) is 35.0. The van der Waals surface area contributed by atoms with Crippen molar-refractivity contribution in [3.8, 4) is 11.1 Å². The summed E-state index contributed by atoms with van der Waals surface area (Å²) in [4.78, 5) is 98.2. The van der Waals surface area contributed by atoms with Gasteiger partial charge in [-0.2, -0.15) is 15.3 Å². The van der Waals surface area contributed by atoms with Gasteiger partial charge in [-0.05, 0) is 74.1 Å². The number of likely N-dealkylation sites (tertiary alicyclic amines) is 2. The summed E-state index contributed by atoms with van der Waals surface area (Å²) in [7, 11) is 1.90. The maximum Gasteiger partial charge on any atom is 0.325 e. The average Bonchev–Trinajstić information content (AvgIpc) is 4.07. The van der Waals surface area contributed by atoms with Crippen LogP contribution < -0.4 is 21.3 Å². The molecule has 6 amide bonds. The van der Waals surface area contributed by atoms with Gasteiger partial charge in [-0.3, -0.25) is 52.4 Å². The molecular weight excluding hydrogens is 1010 g/mol. The molecule has 5 heterocycles. The van der Waals surface area contributed by atoms with Crippen molar-refractivity contribution in [1.29, 1.82) is 0 Å². The van der Waals surface area contributed by atoms with E-state index in [0.29, 0.717) is 26.2 Å². The smallest absolute Gasteiger partial charge is 0.325 e. The zero-order valence-corrected chi connectivity index (χ0v) is 42.7. The number of fused-ring (bicyclic) bond motifs is 3. The zero-order valence-electron chi connectivity index (χ0n) is 41.1. The second-order valence-corrected chi connectivity index (χ2v) is 18.7. The monoisotopic (exact) mass is 1070 g/mol. The van der Waals surface area contributed by atoms with E-state index in [2.05, 4.69) is 54.4 Å². The maximum absolute atomic E-state index is 12.8. The van der Waals surface area contributed by atoms with E-state index in [1.54, 1.807) is 30.1 Å². The molecule has 0 bridgehead atoms. The standard InChI is InChI=1S/C28H31N7O5.C22H28BrN5O5/c1-17(36)34-10-8-18(9-11-34)28-27-21(19-6-7-22-20(12-19)13-31-33(22)2)4-3-5-23(27)35(32-28)16-25(38)29-14-24(37)30-15-26(39)40;1-3-33-20(32)12-25-18(30)11-24-19(31)13-28-17-6-4-5-16(23)21(17)22(26-28)15-7-9-27(10-8-15)14(2)29/h3-7,12-13,18H,8-11,14-16H2,1-2H3,(H,29,38)(H,30,37)(H,39,40);4-6,15H,3,7-13H2,1-2H3,(H,24,31)(H,25,30). The number of amides is 6. The summed E-state index contributed by atoms with van der Waals surface area (Å²) in [5.74, 6) is -3.15. The third kappa shape index (κ3) is 13.2. The van der Waals surface area contributed by atoms with E-state index in [1.807, 2.05) is 70.2 Å². The molecule has 0 aliphatic carbocycles. The second-order valence-electron chi connectivity index (χ2n) is 17.8. The molecule has 2 fully saturated rings. The van der Waals surface area contributed by atoms with E-state index in [4.69, 9.17) is 20.0 Å². The number of hydrogen-bond acceptors (Lipinski definition) is 12. The van der Waals surface area contributed by atoms with Crippen molar-refractivity contribution >= 4 is 96.0 Å². The Balaban J connectivity index is 0.000000218. The van der Waals surface area contributed by atoms with Gasteiger partial charge < -0.3 is 40.9 Å². The number of nitrogens with zero attached hydrogens (tertiary/aromatic N) is 8. The lowest BCUT2D eigenvalue weighted by molar-refractivity contribution is -0.143. The highest BCUT2D eigenvalue weighted by Gasteiger charge is 2.30. The van der Waals surface area contributed by atoms with Crippen molar-refractivity contribution < 1.29 is 48.2 Å². The summed E-state index contributed by atoms with van der Waals surface area (Å²) in [6.07, 6.45) is 4.96. The summed E-state index contributed by atoms with van der Waals surface area (Å²) in [6, 6.07) is 17.8.